The Hall–Kier alpha value is -2.87. The molecule has 130 valence electrons. The van der Waals surface area contributed by atoms with Gasteiger partial charge in [0.05, 0.1) is 20.4 Å². The van der Waals surface area contributed by atoms with Crippen LogP contribution in [-0.4, -0.2) is 41.9 Å². The topological polar surface area (TPSA) is 69.5 Å². The maximum Gasteiger partial charge on any atom is 0.277 e. The summed E-state index contributed by atoms with van der Waals surface area (Å²) in [6.07, 6.45) is 3.59. The number of aromatic nitrogens is 3. The molecule has 0 unspecified atom stereocenters. The molecule has 0 radical (unpaired) electrons. The molecule has 0 saturated carbocycles. The number of carbonyl (C=O) groups excluding carboxylic acids is 1. The molecule has 2 heterocycles. The number of thiazole rings is 1. The van der Waals surface area contributed by atoms with E-state index in [9.17, 15) is 4.79 Å². The zero-order chi connectivity index (χ0) is 18.0. The smallest absolute Gasteiger partial charge is 0.277 e. The highest BCUT2D eigenvalue weighted by Gasteiger charge is 2.19. The van der Waals surface area contributed by atoms with Crippen molar-refractivity contribution in [1.29, 1.82) is 0 Å². The van der Waals surface area contributed by atoms with Crippen LogP contribution in [0.25, 0.3) is 10.6 Å². The van der Waals surface area contributed by atoms with E-state index < -0.39 is 0 Å². The van der Waals surface area contributed by atoms with Crippen molar-refractivity contribution in [1.82, 2.24) is 14.8 Å². The molecule has 0 aliphatic carbocycles. The number of methoxy groups -OCH3 is 2. The number of nitrogens with zero attached hydrogens (tertiary/aromatic N) is 4. The summed E-state index contributed by atoms with van der Waals surface area (Å²) in [5.41, 5.74) is 1.97. The average molecular weight is 358 g/mol. The molecule has 1 aromatic carbocycles. The van der Waals surface area contributed by atoms with Gasteiger partial charge in [-0.2, -0.15) is 5.10 Å². The molecule has 3 rings (SSSR count). The van der Waals surface area contributed by atoms with Crippen LogP contribution in [0.1, 0.15) is 10.5 Å². The number of aryl methyl sites for hydroxylation is 1. The van der Waals surface area contributed by atoms with E-state index in [4.69, 9.17) is 9.47 Å². The second kappa shape index (κ2) is 6.94. The van der Waals surface area contributed by atoms with Crippen LogP contribution in [0.4, 0.5) is 5.69 Å². The van der Waals surface area contributed by atoms with Crippen molar-refractivity contribution < 1.29 is 14.3 Å². The lowest BCUT2D eigenvalue weighted by Gasteiger charge is -2.18. The largest absolute Gasteiger partial charge is 0.493 e. The minimum absolute atomic E-state index is 0.196. The van der Waals surface area contributed by atoms with Gasteiger partial charge in [-0.1, -0.05) is 0 Å². The molecule has 0 saturated heterocycles. The van der Waals surface area contributed by atoms with Crippen molar-refractivity contribution in [3.8, 4) is 22.1 Å². The summed E-state index contributed by atoms with van der Waals surface area (Å²) < 4.78 is 12.2. The number of hydrogen-bond acceptors (Lipinski definition) is 6. The standard InChI is InChI=1S/C17H18N4O3S/c1-20-9-11(8-18-20)16-19-13(10-25-16)17(22)21(2)12-5-6-14(23-3)15(7-12)24-4/h5-10H,1-4H3. The Morgan fingerprint density at radius 2 is 2.00 bits per heavy atom. The average Bonchev–Trinajstić information content (AvgIpc) is 3.28. The van der Waals surface area contributed by atoms with Gasteiger partial charge in [-0.3, -0.25) is 9.48 Å². The Labute approximate surface area is 149 Å². The molecule has 0 aliphatic heterocycles. The summed E-state index contributed by atoms with van der Waals surface area (Å²) in [6.45, 7) is 0. The maximum atomic E-state index is 12.7. The highest BCUT2D eigenvalue weighted by atomic mass is 32.1. The predicted molar refractivity (Wildman–Crippen MR) is 96.6 cm³/mol. The molecule has 3 aromatic rings. The molecular formula is C17H18N4O3S. The molecule has 0 spiro atoms. The third-order valence-corrected chi connectivity index (χ3v) is 4.63. The van der Waals surface area contributed by atoms with Gasteiger partial charge in [0.1, 0.15) is 10.7 Å². The minimum atomic E-state index is -0.196. The molecule has 0 fully saturated rings. The van der Waals surface area contributed by atoms with Crippen LogP contribution in [0.2, 0.25) is 0 Å². The van der Waals surface area contributed by atoms with E-state index in [2.05, 4.69) is 10.1 Å². The van der Waals surface area contributed by atoms with Crippen molar-refractivity contribution >= 4 is 22.9 Å². The molecule has 2 aromatic heterocycles. The van der Waals surface area contributed by atoms with Crippen molar-refractivity contribution in [2.75, 3.05) is 26.2 Å². The van der Waals surface area contributed by atoms with Crippen molar-refractivity contribution in [2.24, 2.45) is 7.05 Å². The quantitative estimate of drug-likeness (QED) is 0.701. The van der Waals surface area contributed by atoms with Crippen LogP contribution in [0, 0.1) is 0 Å². The molecular weight excluding hydrogens is 340 g/mol. The first-order valence-electron chi connectivity index (χ1n) is 7.48. The summed E-state index contributed by atoms with van der Waals surface area (Å²) in [6, 6.07) is 5.32. The van der Waals surface area contributed by atoms with Gasteiger partial charge in [-0.15, -0.1) is 11.3 Å². The van der Waals surface area contributed by atoms with E-state index in [1.54, 1.807) is 55.7 Å². The number of carbonyl (C=O) groups is 1. The zero-order valence-corrected chi connectivity index (χ0v) is 15.2. The van der Waals surface area contributed by atoms with E-state index >= 15 is 0 Å². The van der Waals surface area contributed by atoms with Gasteiger partial charge in [-0.25, -0.2) is 4.98 Å². The monoisotopic (exact) mass is 358 g/mol. The zero-order valence-electron chi connectivity index (χ0n) is 14.4. The predicted octanol–water partition coefficient (Wildman–Crippen LogP) is 2.84. The SMILES string of the molecule is COc1ccc(N(C)C(=O)c2csc(-c3cnn(C)c3)n2)cc1OC. The molecule has 0 N–H and O–H groups in total. The van der Waals surface area contributed by atoms with E-state index in [0.29, 0.717) is 22.9 Å². The van der Waals surface area contributed by atoms with E-state index in [0.717, 1.165) is 10.6 Å². The fourth-order valence-electron chi connectivity index (χ4n) is 2.36. The van der Waals surface area contributed by atoms with E-state index in [1.807, 2.05) is 13.2 Å². The molecule has 7 nitrogen and oxygen atoms in total. The minimum Gasteiger partial charge on any atom is -0.493 e. The Morgan fingerprint density at radius 1 is 1.24 bits per heavy atom. The fraction of sp³-hybridized carbons (Fsp3) is 0.235. The van der Waals surface area contributed by atoms with Crippen molar-refractivity contribution in [3.05, 3.63) is 41.7 Å². The number of rotatable bonds is 5. The van der Waals surface area contributed by atoms with Gasteiger partial charge < -0.3 is 14.4 Å². The third-order valence-electron chi connectivity index (χ3n) is 3.73. The molecule has 0 aliphatic rings. The third kappa shape index (κ3) is 3.34. The number of amides is 1. The first kappa shape index (κ1) is 17.0. The number of benzene rings is 1. The molecule has 0 bridgehead atoms. The highest BCUT2D eigenvalue weighted by molar-refractivity contribution is 7.13. The fourth-order valence-corrected chi connectivity index (χ4v) is 3.13. The second-order valence-electron chi connectivity index (χ2n) is 5.34. The molecule has 1 amide bonds. The second-order valence-corrected chi connectivity index (χ2v) is 6.20. The van der Waals surface area contributed by atoms with Crippen LogP contribution < -0.4 is 14.4 Å². The first-order valence-corrected chi connectivity index (χ1v) is 8.36. The Balaban J connectivity index is 1.84. The van der Waals surface area contributed by atoms with Gasteiger partial charge >= 0.3 is 0 Å². The number of anilines is 1. The van der Waals surface area contributed by atoms with Crippen molar-refractivity contribution in [2.45, 2.75) is 0 Å². The maximum absolute atomic E-state index is 12.7. The van der Waals surface area contributed by atoms with E-state index in [-0.39, 0.29) is 5.91 Å². The van der Waals surface area contributed by atoms with Crippen LogP contribution >= 0.6 is 11.3 Å². The highest BCUT2D eigenvalue weighted by Crippen LogP contribution is 2.32. The molecule has 0 atom stereocenters. The Kier molecular flexibility index (Phi) is 4.71. The van der Waals surface area contributed by atoms with Gasteiger partial charge in [0, 0.05) is 43.0 Å². The summed E-state index contributed by atoms with van der Waals surface area (Å²) >= 11 is 1.41. The Bertz CT molecular complexity index is 903. The number of hydrogen-bond donors (Lipinski definition) is 0. The summed E-state index contributed by atoms with van der Waals surface area (Å²) in [7, 11) is 6.67. The van der Waals surface area contributed by atoms with Crippen molar-refractivity contribution in [3.63, 3.8) is 0 Å². The lowest BCUT2D eigenvalue weighted by Crippen LogP contribution is -2.26. The van der Waals surface area contributed by atoms with E-state index in [1.165, 1.54) is 16.2 Å². The van der Waals surface area contributed by atoms with Crippen LogP contribution in [-0.2, 0) is 7.05 Å². The Morgan fingerprint density at radius 3 is 2.64 bits per heavy atom. The molecule has 8 heteroatoms. The van der Waals surface area contributed by atoms with Crippen LogP contribution in [0.3, 0.4) is 0 Å². The van der Waals surface area contributed by atoms with Crippen LogP contribution in [0.5, 0.6) is 11.5 Å². The lowest BCUT2D eigenvalue weighted by atomic mass is 10.2. The summed E-state index contributed by atoms with van der Waals surface area (Å²) in [4.78, 5) is 18.7. The normalized spacial score (nSPS) is 10.6. The number of ether oxygens (including phenoxy) is 2. The summed E-state index contributed by atoms with van der Waals surface area (Å²) in [5.74, 6) is 0.979. The van der Waals surface area contributed by atoms with Crippen LogP contribution in [0.15, 0.2) is 36.0 Å². The molecule has 25 heavy (non-hydrogen) atoms. The lowest BCUT2D eigenvalue weighted by molar-refractivity contribution is 0.0989. The first-order chi connectivity index (χ1) is 12.0. The summed E-state index contributed by atoms with van der Waals surface area (Å²) in [5, 5.41) is 6.64. The van der Waals surface area contributed by atoms with Gasteiger partial charge in [0.25, 0.3) is 5.91 Å². The van der Waals surface area contributed by atoms with Gasteiger partial charge in [-0.05, 0) is 12.1 Å². The van der Waals surface area contributed by atoms with Gasteiger partial charge in [0.15, 0.2) is 11.5 Å². The van der Waals surface area contributed by atoms with Gasteiger partial charge in [0.2, 0.25) is 0 Å².